The van der Waals surface area contributed by atoms with Crippen LogP contribution in [0.1, 0.15) is 0 Å². The maximum absolute atomic E-state index is 5.09. The Morgan fingerprint density at radius 2 is 2.40 bits per heavy atom. The van der Waals surface area contributed by atoms with Crippen LogP contribution in [0.2, 0.25) is 0 Å². The number of hydrogen-bond acceptors (Lipinski definition) is 5. The fraction of sp³-hybridized carbons (Fsp3) is 0.429. The summed E-state index contributed by atoms with van der Waals surface area (Å²) in [4.78, 5) is 0. The van der Waals surface area contributed by atoms with Crippen LogP contribution in [0.4, 0.5) is 0 Å². The van der Waals surface area contributed by atoms with Crippen LogP contribution in [0.3, 0.4) is 0 Å². The van der Waals surface area contributed by atoms with Gasteiger partial charge < -0.3 is 4.74 Å². The number of aromatic nitrogens is 6. The molecule has 2 rings (SSSR count). The standard InChI is InChI=1S/C7H10N6OS/c1-14-3-2-13-6(10-11-7(13)15)5-4-8-12-9-5/h4H,2-3H2,1H3,(H,11,15)(H,8,9,12). The van der Waals surface area contributed by atoms with Gasteiger partial charge >= 0.3 is 0 Å². The van der Waals surface area contributed by atoms with Gasteiger partial charge in [-0.15, -0.1) is 0 Å². The van der Waals surface area contributed by atoms with Crippen molar-refractivity contribution in [3.05, 3.63) is 11.0 Å². The van der Waals surface area contributed by atoms with Crippen molar-refractivity contribution in [3.8, 4) is 11.5 Å². The molecule has 0 aromatic carbocycles. The lowest BCUT2D eigenvalue weighted by atomic mass is 10.4. The highest BCUT2D eigenvalue weighted by Gasteiger charge is 2.10. The molecule has 2 N–H and O–H groups in total. The first-order chi connectivity index (χ1) is 7.33. The zero-order chi connectivity index (χ0) is 10.7. The SMILES string of the molecule is COCCn1c(-c2cn[nH]n2)n[nH]c1=S. The van der Waals surface area contributed by atoms with Gasteiger partial charge in [0.15, 0.2) is 10.6 Å². The number of ether oxygens (including phenoxy) is 1. The van der Waals surface area contributed by atoms with Crippen LogP contribution < -0.4 is 0 Å². The average molecular weight is 226 g/mol. The van der Waals surface area contributed by atoms with E-state index in [0.717, 1.165) is 0 Å². The van der Waals surface area contributed by atoms with Gasteiger partial charge in [-0.3, -0.25) is 9.67 Å². The van der Waals surface area contributed by atoms with Gasteiger partial charge in [-0.2, -0.15) is 20.5 Å². The zero-order valence-electron chi connectivity index (χ0n) is 8.10. The summed E-state index contributed by atoms with van der Waals surface area (Å²) in [5.41, 5.74) is 0.651. The molecule has 2 heterocycles. The molecular formula is C7H10N6OS. The molecule has 0 fully saturated rings. The Balaban J connectivity index is 2.36. The number of hydrogen-bond donors (Lipinski definition) is 2. The van der Waals surface area contributed by atoms with Gasteiger partial charge in [0.05, 0.1) is 19.3 Å². The molecule has 15 heavy (non-hydrogen) atoms. The topological polar surface area (TPSA) is 84.4 Å². The van der Waals surface area contributed by atoms with Crippen LogP contribution in [-0.4, -0.2) is 43.9 Å². The minimum atomic E-state index is 0.546. The lowest BCUT2D eigenvalue weighted by Crippen LogP contribution is -2.06. The van der Waals surface area contributed by atoms with E-state index in [0.29, 0.717) is 29.4 Å². The van der Waals surface area contributed by atoms with Crippen LogP contribution in [0.5, 0.6) is 0 Å². The Bertz CT molecular complexity index is 472. The molecule has 0 aliphatic heterocycles. The fourth-order valence-electron chi connectivity index (χ4n) is 1.21. The Kier molecular flexibility index (Phi) is 2.88. The number of rotatable bonds is 4. The molecule has 80 valence electrons. The molecule has 0 atom stereocenters. The van der Waals surface area contributed by atoms with Gasteiger partial charge in [-0.05, 0) is 12.2 Å². The van der Waals surface area contributed by atoms with Crippen molar-refractivity contribution in [1.82, 2.24) is 30.2 Å². The minimum Gasteiger partial charge on any atom is -0.383 e. The third-order valence-electron chi connectivity index (χ3n) is 1.92. The van der Waals surface area contributed by atoms with Crippen molar-refractivity contribution in [2.45, 2.75) is 6.54 Å². The number of H-pyrrole nitrogens is 2. The van der Waals surface area contributed by atoms with Crippen molar-refractivity contribution >= 4 is 12.2 Å². The highest BCUT2D eigenvalue weighted by Crippen LogP contribution is 2.11. The Hall–Kier alpha value is -1.54. The molecule has 0 bridgehead atoms. The van der Waals surface area contributed by atoms with Gasteiger partial charge in [-0.1, -0.05) is 0 Å². The fourth-order valence-corrected chi connectivity index (χ4v) is 1.44. The van der Waals surface area contributed by atoms with Gasteiger partial charge in [0.1, 0.15) is 5.69 Å². The number of nitrogens with zero attached hydrogens (tertiary/aromatic N) is 4. The smallest absolute Gasteiger partial charge is 0.195 e. The Morgan fingerprint density at radius 3 is 3.07 bits per heavy atom. The van der Waals surface area contributed by atoms with Crippen molar-refractivity contribution < 1.29 is 4.74 Å². The van der Waals surface area contributed by atoms with Crippen molar-refractivity contribution in [2.75, 3.05) is 13.7 Å². The Labute approximate surface area is 90.5 Å². The van der Waals surface area contributed by atoms with Gasteiger partial charge in [0.2, 0.25) is 0 Å². The molecule has 7 nitrogen and oxygen atoms in total. The monoisotopic (exact) mass is 226 g/mol. The predicted octanol–water partition coefficient (Wildman–Crippen LogP) is 0.372. The number of nitrogens with one attached hydrogen (secondary N) is 2. The largest absolute Gasteiger partial charge is 0.383 e. The van der Waals surface area contributed by atoms with E-state index in [1.807, 2.05) is 4.57 Å². The van der Waals surface area contributed by atoms with Gasteiger partial charge in [0, 0.05) is 7.11 Å². The molecule has 2 aromatic heterocycles. The summed E-state index contributed by atoms with van der Waals surface area (Å²) in [7, 11) is 1.64. The molecule has 0 amide bonds. The summed E-state index contributed by atoms with van der Waals surface area (Å²) in [5, 5.41) is 17.0. The molecule has 8 heteroatoms. The first-order valence-electron chi connectivity index (χ1n) is 4.33. The molecular weight excluding hydrogens is 216 g/mol. The molecule has 0 aliphatic rings. The Morgan fingerprint density at radius 1 is 1.53 bits per heavy atom. The van der Waals surface area contributed by atoms with E-state index in [4.69, 9.17) is 17.0 Å². The van der Waals surface area contributed by atoms with Crippen molar-refractivity contribution in [2.24, 2.45) is 0 Å². The molecule has 0 spiro atoms. The lowest BCUT2D eigenvalue weighted by Gasteiger charge is -2.02. The van der Waals surface area contributed by atoms with E-state index in [1.54, 1.807) is 13.3 Å². The minimum absolute atomic E-state index is 0.546. The van der Waals surface area contributed by atoms with Crippen LogP contribution in [0.25, 0.3) is 11.5 Å². The van der Waals surface area contributed by atoms with Crippen LogP contribution in [0.15, 0.2) is 6.20 Å². The second-order valence-corrected chi connectivity index (χ2v) is 3.24. The second-order valence-electron chi connectivity index (χ2n) is 2.85. The summed E-state index contributed by atoms with van der Waals surface area (Å²) >= 11 is 5.09. The molecule has 2 aromatic rings. The summed E-state index contributed by atoms with van der Waals surface area (Å²) in [5.74, 6) is 0.658. The summed E-state index contributed by atoms with van der Waals surface area (Å²) in [6.45, 7) is 1.20. The van der Waals surface area contributed by atoms with E-state index >= 15 is 0 Å². The predicted molar refractivity (Wildman–Crippen MR) is 54.7 cm³/mol. The first-order valence-corrected chi connectivity index (χ1v) is 4.74. The molecule has 0 aliphatic carbocycles. The number of aromatic amines is 2. The molecule has 0 saturated carbocycles. The van der Waals surface area contributed by atoms with Crippen LogP contribution >= 0.6 is 12.2 Å². The van der Waals surface area contributed by atoms with Crippen molar-refractivity contribution in [3.63, 3.8) is 0 Å². The van der Waals surface area contributed by atoms with Crippen LogP contribution in [-0.2, 0) is 11.3 Å². The third-order valence-corrected chi connectivity index (χ3v) is 2.23. The number of methoxy groups -OCH3 is 1. The van der Waals surface area contributed by atoms with Crippen molar-refractivity contribution in [1.29, 1.82) is 0 Å². The second kappa shape index (κ2) is 4.32. The van der Waals surface area contributed by atoms with Gasteiger partial charge in [0.25, 0.3) is 0 Å². The van der Waals surface area contributed by atoms with Gasteiger partial charge in [-0.25, -0.2) is 0 Å². The quantitative estimate of drug-likeness (QED) is 0.736. The highest BCUT2D eigenvalue weighted by atomic mass is 32.1. The van der Waals surface area contributed by atoms with E-state index in [-0.39, 0.29) is 0 Å². The summed E-state index contributed by atoms with van der Waals surface area (Å²) in [6, 6.07) is 0. The van der Waals surface area contributed by atoms with E-state index < -0.39 is 0 Å². The normalized spacial score (nSPS) is 10.7. The molecule has 0 unspecified atom stereocenters. The molecule has 0 radical (unpaired) electrons. The summed E-state index contributed by atoms with van der Waals surface area (Å²) < 4.78 is 7.35. The van der Waals surface area contributed by atoms with E-state index in [9.17, 15) is 0 Å². The highest BCUT2D eigenvalue weighted by molar-refractivity contribution is 7.71. The lowest BCUT2D eigenvalue weighted by molar-refractivity contribution is 0.187. The van der Waals surface area contributed by atoms with E-state index in [2.05, 4.69) is 25.6 Å². The first kappa shape index (κ1) is 9.99. The zero-order valence-corrected chi connectivity index (χ0v) is 8.91. The summed E-state index contributed by atoms with van der Waals surface area (Å²) in [6.07, 6.45) is 1.59. The third kappa shape index (κ3) is 1.95. The van der Waals surface area contributed by atoms with Crippen LogP contribution in [0, 0.1) is 4.77 Å². The average Bonchev–Trinajstić information content (AvgIpc) is 2.84. The van der Waals surface area contributed by atoms with E-state index in [1.165, 1.54) is 0 Å². The maximum atomic E-state index is 5.09. The maximum Gasteiger partial charge on any atom is 0.195 e. The molecule has 0 saturated heterocycles.